The zero-order valence-corrected chi connectivity index (χ0v) is 10.3. The molecule has 1 amide bonds. The lowest BCUT2D eigenvalue weighted by Gasteiger charge is -2.20. The van der Waals surface area contributed by atoms with Gasteiger partial charge in [0.1, 0.15) is 11.3 Å². The van der Waals surface area contributed by atoms with E-state index in [2.05, 4.69) is 5.32 Å². The first-order valence-electron chi connectivity index (χ1n) is 6.43. The Kier molecular flexibility index (Phi) is 2.87. The number of nitrogens with zero attached hydrogens (tertiary/aromatic N) is 1. The van der Waals surface area contributed by atoms with E-state index < -0.39 is 5.60 Å². The van der Waals surface area contributed by atoms with Crippen LogP contribution < -0.4 is 5.32 Å². The summed E-state index contributed by atoms with van der Waals surface area (Å²) in [6.07, 6.45) is 4.82. The second kappa shape index (κ2) is 4.40. The smallest absolute Gasteiger partial charge is 0.268 e. The maximum absolute atomic E-state index is 12.1. The number of aliphatic hydroxyl groups is 1. The Morgan fingerprint density at radius 1 is 1.61 bits per heavy atom. The summed E-state index contributed by atoms with van der Waals surface area (Å²) in [5.41, 5.74) is -0.216. The van der Waals surface area contributed by atoms with E-state index >= 15 is 0 Å². The highest BCUT2D eigenvalue weighted by Gasteiger charge is 2.33. The highest BCUT2D eigenvalue weighted by Crippen LogP contribution is 2.35. The first-order chi connectivity index (χ1) is 8.68. The summed E-state index contributed by atoms with van der Waals surface area (Å²) in [6.45, 7) is 1.11. The van der Waals surface area contributed by atoms with Crippen LogP contribution in [0.2, 0.25) is 0 Å². The Labute approximate surface area is 106 Å². The summed E-state index contributed by atoms with van der Waals surface area (Å²) in [5.74, 6) is -0.118. The van der Waals surface area contributed by atoms with Crippen molar-refractivity contribution in [3.8, 4) is 0 Å². The van der Waals surface area contributed by atoms with Crippen molar-refractivity contribution in [3.63, 3.8) is 0 Å². The molecule has 2 aliphatic rings. The van der Waals surface area contributed by atoms with E-state index in [1.807, 2.05) is 22.9 Å². The van der Waals surface area contributed by atoms with Crippen LogP contribution in [0.3, 0.4) is 0 Å². The summed E-state index contributed by atoms with van der Waals surface area (Å²) >= 11 is 0. The molecule has 1 aliphatic heterocycles. The molecule has 0 bridgehead atoms. The van der Waals surface area contributed by atoms with Crippen molar-refractivity contribution >= 4 is 5.91 Å². The number of hydrogen-bond donors (Lipinski definition) is 2. The average Bonchev–Trinajstić information content (AvgIpc) is 2.92. The fourth-order valence-electron chi connectivity index (χ4n) is 2.33. The Bertz CT molecular complexity index is 445. The molecule has 5 nitrogen and oxygen atoms in total. The lowest BCUT2D eigenvalue weighted by Crippen LogP contribution is -2.43. The van der Waals surface area contributed by atoms with Gasteiger partial charge in [0, 0.05) is 31.8 Å². The molecule has 1 atom stereocenters. The predicted molar refractivity (Wildman–Crippen MR) is 65.4 cm³/mol. The molecule has 5 heteroatoms. The van der Waals surface area contributed by atoms with E-state index in [1.165, 1.54) is 0 Å². The van der Waals surface area contributed by atoms with Crippen molar-refractivity contribution in [3.05, 3.63) is 24.0 Å². The van der Waals surface area contributed by atoms with Gasteiger partial charge < -0.3 is 19.7 Å². The van der Waals surface area contributed by atoms with Gasteiger partial charge in [0.05, 0.1) is 6.61 Å². The van der Waals surface area contributed by atoms with Gasteiger partial charge in [-0.25, -0.2) is 0 Å². The van der Waals surface area contributed by atoms with Gasteiger partial charge in [0.25, 0.3) is 5.91 Å². The second-order valence-electron chi connectivity index (χ2n) is 5.24. The van der Waals surface area contributed by atoms with Gasteiger partial charge in [0.2, 0.25) is 0 Å². The molecule has 3 rings (SSSR count). The van der Waals surface area contributed by atoms with Crippen LogP contribution in [0.15, 0.2) is 18.3 Å². The van der Waals surface area contributed by atoms with Crippen molar-refractivity contribution in [2.24, 2.45) is 0 Å². The maximum Gasteiger partial charge on any atom is 0.268 e. The highest BCUT2D eigenvalue weighted by molar-refractivity contribution is 5.92. The molecule has 18 heavy (non-hydrogen) atoms. The van der Waals surface area contributed by atoms with E-state index in [1.54, 1.807) is 0 Å². The summed E-state index contributed by atoms with van der Waals surface area (Å²) in [7, 11) is 0. The van der Waals surface area contributed by atoms with Crippen LogP contribution in [-0.2, 0) is 4.74 Å². The zero-order chi connectivity index (χ0) is 12.6. The van der Waals surface area contributed by atoms with Gasteiger partial charge in [-0.05, 0) is 25.0 Å². The van der Waals surface area contributed by atoms with E-state index in [0.717, 1.165) is 12.8 Å². The van der Waals surface area contributed by atoms with Gasteiger partial charge in [-0.1, -0.05) is 0 Å². The van der Waals surface area contributed by atoms with Crippen LogP contribution >= 0.6 is 0 Å². The minimum Gasteiger partial charge on any atom is -0.386 e. The van der Waals surface area contributed by atoms with Gasteiger partial charge in [-0.15, -0.1) is 0 Å². The number of hydrogen-bond acceptors (Lipinski definition) is 3. The first kappa shape index (κ1) is 11.7. The number of carbonyl (C=O) groups excluding carboxylic acids is 1. The fraction of sp³-hybridized carbons (Fsp3) is 0.615. The number of carbonyl (C=O) groups is 1. The third kappa shape index (κ3) is 2.28. The van der Waals surface area contributed by atoms with Crippen molar-refractivity contribution < 1.29 is 14.6 Å². The summed E-state index contributed by atoms with van der Waals surface area (Å²) in [5, 5.41) is 12.9. The number of nitrogens with one attached hydrogen (secondary N) is 1. The topological polar surface area (TPSA) is 63.5 Å². The summed E-state index contributed by atoms with van der Waals surface area (Å²) in [4.78, 5) is 12.1. The van der Waals surface area contributed by atoms with Gasteiger partial charge in [0.15, 0.2) is 0 Å². The molecule has 2 fully saturated rings. The lowest BCUT2D eigenvalue weighted by atomic mass is 10.0. The van der Waals surface area contributed by atoms with Crippen molar-refractivity contribution in [2.75, 3.05) is 19.8 Å². The quantitative estimate of drug-likeness (QED) is 0.827. The molecule has 2 heterocycles. The maximum atomic E-state index is 12.1. The van der Waals surface area contributed by atoms with Gasteiger partial charge in [-0.2, -0.15) is 0 Å². The molecule has 1 saturated heterocycles. The van der Waals surface area contributed by atoms with Crippen LogP contribution in [0.1, 0.15) is 35.8 Å². The third-order valence-corrected chi connectivity index (χ3v) is 3.61. The van der Waals surface area contributed by atoms with Gasteiger partial charge >= 0.3 is 0 Å². The van der Waals surface area contributed by atoms with E-state index in [0.29, 0.717) is 31.4 Å². The van der Waals surface area contributed by atoms with Gasteiger partial charge in [-0.3, -0.25) is 4.79 Å². The molecule has 0 aromatic carbocycles. The molecule has 1 aromatic rings. The fourth-order valence-corrected chi connectivity index (χ4v) is 2.33. The predicted octanol–water partition coefficient (Wildman–Crippen LogP) is 0.704. The molecule has 2 N–H and O–H groups in total. The largest absolute Gasteiger partial charge is 0.386 e. The van der Waals surface area contributed by atoms with E-state index in [9.17, 15) is 9.90 Å². The molecule has 1 unspecified atom stereocenters. The third-order valence-electron chi connectivity index (χ3n) is 3.61. The monoisotopic (exact) mass is 250 g/mol. The van der Waals surface area contributed by atoms with E-state index in [-0.39, 0.29) is 12.5 Å². The minimum absolute atomic E-state index is 0.118. The molecule has 1 aromatic heterocycles. The Morgan fingerprint density at radius 3 is 3.11 bits per heavy atom. The Balaban J connectivity index is 1.62. The van der Waals surface area contributed by atoms with Crippen LogP contribution in [0.5, 0.6) is 0 Å². The molecular formula is C13H18N2O3. The first-order valence-corrected chi connectivity index (χ1v) is 6.43. The van der Waals surface area contributed by atoms with Crippen molar-refractivity contribution in [2.45, 2.75) is 30.9 Å². The summed E-state index contributed by atoms with van der Waals surface area (Å²) in [6, 6.07) is 4.20. The second-order valence-corrected chi connectivity index (χ2v) is 5.24. The minimum atomic E-state index is -0.896. The standard InChI is InChI=1S/C13H18N2O3/c16-12(14-8-13(17)5-7-18-9-13)11-2-1-6-15(11)10-3-4-10/h1-2,6,10,17H,3-5,7-9H2,(H,14,16). The van der Waals surface area contributed by atoms with Crippen LogP contribution in [-0.4, -0.2) is 40.9 Å². The zero-order valence-electron chi connectivity index (χ0n) is 10.3. The molecule has 0 radical (unpaired) electrons. The lowest BCUT2D eigenvalue weighted by molar-refractivity contribution is 0.0263. The Hall–Kier alpha value is -1.33. The average molecular weight is 250 g/mol. The van der Waals surface area contributed by atoms with Crippen molar-refractivity contribution in [1.29, 1.82) is 0 Å². The van der Waals surface area contributed by atoms with Crippen LogP contribution in [0.25, 0.3) is 0 Å². The van der Waals surface area contributed by atoms with Crippen molar-refractivity contribution in [1.82, 2.24) is 9.88 Å². The normalized spacial score (nSPS) is 27.4. The van der Waals surface area contributed by atoms with E-state index in [4.69, 9.17) is 4.74 Å². The highest BCUT2D eigenvalue weighted by atomic mass is 16.5. The number of aromatic nitrogens is 1. The molecular weight excluding hydrogens is 232 g/mol. The Morgan fingerprint density at radius 2 is 2.44 bits per heavy atom. The van der Waals surface area contributed by atoms with Crippen LogP contribution in [0, 0.1) is 0 Å². The SMILES string of the molecule is O=C(NCC1(O)CCOC1)c1cccn1C1CC1. The summed E-state index contributed by atoms with van der Waals surface area (Å²) < 4.78 is 7.17. The molecule has 1 saturated carbocycles. The molecule has 1 aliphatic carbocycles. The molecule has 98 valence electrons. The molecule has 0 spiro atoms. The number of rotatable bonds is 4. The van der Waals surface area contributed by atoms with Crippen LogP contribution in [0.4, 0.5) is 0 Å². The number of ether oxygens (including phenoxy) is 1. The number of amides is 1.